The predicted molar refractivity (Wildman–Crippen MR) is 296 cm³/mol. The van der Waals surface area contributed by atoms with E-state index in [1.807, 2.05) is 6.08 Å². The summed E-state index contributed by atoms with van der Waals surface area (Å²) in [5.74, 6) is -0.0938. The van der Waals surface area contributed by atoms with Crippen LogP contribution < -0.4 is 5.32 Å². The van der Waals surface area contributed by atoms with E-state index in [-0.39, 0.29) is 18.5 Å². The quantitative estimate of drug-likeness (QED) is 0.0321. The van der Waals surface area contributed by atoms with E-state index in [1.54, 1.807) is 6.08 Å². The van der Waals surface area contributed by atoms with E-state index in [4.69, 9.17) is 4.74 Å². The Morgan fingerprint density at radius 1 is 0.397 bits per heavy atom. The fourth-order valence-electron chi connectivity index (χ4n) is 9.51. The average Bonchev–Trinajstić information content (AvgIpc) is 3.34. The van der Waals surface area contributed by atoms with Crippen molar-refractivity contribution >= 4 is 11.9 Å². The number of rotatable bonds is 57. The first-order chi connectivity index (χ1) is 33.5. The number of allylic oxidation sites excluding steroid dienone is 3. The van der Waals surface area contributed by atoms with E-state index in [0.29, 0.717) is 19.4 Å². The summed E-state index contributed by atoms with van der Waals surface area (Å²) in [6, 6.07) is -0.641. The van der Waals surface area contributed by atoms with Gasteiger partial charge in [-0.15, -0.1) is 0 Å². The molecule has 6 heteroatoms. The van der Waals surface area contributed by atoms with Gasteiger partial charge in [-0.1, -0.05) is 289 Å². The minimum atomic E-state index is -0.856. The molecule has 1 amide bonds. The van der Waals surface area contributed by atoms with Crippen LogP contribution in [0.5, 0.6) is 0 Å². The Labute approximate surface area is 424 Å². The largest absolute Gasteiger partial charge is 0.466 e. The Balaban J connectivity index is 3.48. The van der Waals surface area contributed by atoms with E-state index >= 15 is 0 Å². The van der Waals surface area contributed by atoms with Gasteiger partial charge in [-0.2, -0.15) is 0 Å². The molecule has 0 bridgehead atoms. The Bertz CT molecular complexity index is 1060. The molecule has 402 valence electrons. The summed E-state index contributed by atoms with van der Waals surface area (Å²) in [6.07, 6.45) is 70.6. The van der Waals surface area contributed by atoms with Gasteiger partial charge in [0.1, 0.15) is 0 Å². The highest BCUT2D eigenvalue weighted by Crippen LogP contribution is 2.17. The molecule has 68 heavy (non-hydrogen) atoms. The van der Waals surface area contributed by atoms with Crippen LogP contribution in [-0.2, 0) is 14.3 Å². The molecule has 3 N–H and O–H groups in total. The topological polar surface area (TPSA) is 95.9 Å². The number of carbonyl (C=O) groups is 2. The SMILES string of the molecule is CCCCCCCC/C=C\CCCCCCCCCC(=O)OCCCCCCCCCCCCCCC(=O)NC(CO)C(O)/C=C/CCCCCCCCCCCCCCCCCCCCCC. The van der Waals surface area contributed by atoms with E-state index in [2.05, 4.69) is 31.3 Å². The van der Waals surface area contributed by atoms with Crippen molar-refractivity contribution < 1.29 is 24.5 Å². The van der Waals surface area contributed by atoms with Crippen molar-refractivity contribution in [1.29, 1.82) is 0 Å². The molecule has 2 unspecified atom stereocenters. The van der Waals surface area contributed by atoms with Crippen LogP contribution in [0.4, 0.5) is 0 Å². The Kier molecular flexibility index (Phi) is 56.5. The molecule has 2 atom stereocenters. The zero-order chi connectivity index (χ0) is 49.3. The van der Waals surface area contributed by atoms with Crippen LogP contribution in [0.25, 0.3) is 0 Å². The molecule has 0 spiro atoms. The highest BCUT2D eigenvalue weighted by molar-refractivity contribution is 5.76. The number of amides is 1. The van der Waals surface area contributed by atoms with E-state index < -0.39 is 12.1 Å². The van der Waals surface area contributed by atoms with Gasteiger partial charge in [0.05, 0.1) is 25.4 Å². The van der Waals surface area contributed by atoms with Crippen molar-refractivity contribution in [3.05, 3.63) is 24.3 Å². The molecule has 0 aliphatic carbocycles. The second-order valence-electron chi connectivity index (χ2n) is 21.0. The van der Waals surface area contributed by atoms with E-state index in [0.717, 1.165) is 57.8 Å². The second-order valence-corrected chi connectivity index (χ2v) is 21.0. The first kappa shape index (κ1) is 66.3. The van der Waals surface area contributed by atoms with Crippen molar-refractivity contribution in [1.82, 2.24) is 5.32 Å². The maximum atomic E-state index is 12.5. The minimum absolute atomic E-state index is 0.0133. The van der Waals surface area contributed by atoms with Crippen molar-refractivity contribution in [2.75, 3.05) is 13.2 Å². The highest BCUT2D eigenvalue weighted by Gasteiger charge is 2.18. The number of hydrogen-bond acceptors (Lipinski definition) is 5. The van der Waals surface area contributed by atoms with Crippen molar-refractivity contribution in [3.63, 3.8) is 0 Å². The molecule has 0 saturated carbocycles. The third-order valence-electron chi connectivity index (χ3n) is 14.2. The predicted octanol–water partition coefficient (Wildman–Crippen LogP) is 19.0. The molecule has 0 fully saturated rings. The maximum absolute atomic E-state index is 12.5. The molecule has 0 saturated heterocycles. The van der Waals surface area contributed by atoms with Crippen LogP contribution in [0.15, 0.2) is 24.3 Å². The van der Waals surface area contributed by atoms with Gasteiger partial charge in [0, 0.05) is 12.8 Å². The monoisotopic (exact) mass is 958 g/mol. The fourth-order valence-corrected chi connectivity index (χ4v) is 9.51. The summed E-state index contributed by atoms with van der Waals surface area (Å²) in [7, 11) is 0. The van der Waals surface area contributed by atoms with E-state index in [1.165, 1.54) is 250 Å². The highest BCUT2D eigenvalue weighted by atomic mass is 16.5. The zero-order valence-electron chi connectivity index (χ0n) is 45.9. The smallest absolute Gasteiger partial charge is 0.305 e. The number of aliphatic hydroxyl groups is 2. The van der Waals surface area contributed by atoms with Crippen LogP contribution in [0.2, 0.25) is 0 Å². The summed E-state index contributed by atoms with van der Waals surface area (Å²) < 4.78 is 5.48. The number of hydrogen-bond donors (Lipinski definition) is 3. The van der Waals surface area contributed by atoms with Gasteiger partial charge >= 0.3 is 5.97 Å². The number of nitrogens with one attached hydrogen (secondary N) is 1. The fraction of sp³-hybridized carbons (Fsp3) is 0.903. The number of ether oxygens (including phenoxy) is 1. The molecule has 6 nitrogen and oxygen atoms in total. The summed E-state index contributed by atoms with van der Waals surface area (Å²) in [5.41, 5.74) is 0. The van der Waals surface area contributed by atoms with E-state index in [9.17, 15) is 19.8 Å². The summed E-state index contributed by atoms with van der Waals surface area (Å²) in [4.78, 5) is 24.6. The Morgan fingerprint density at radius 2 is 0.691 bits per heavy atom. The van der Waals surface area contributed by atoms with Gasteiger partial charge in [-0.05, 0) is 57.8 Å². The van der Waals surface area contributed by atoms with Gasteiger partial charge < -0.3 is 20.3 Å². The third-order valence-corrected chi connectivity index (χ3v) is 14.2. The lowest BCUT2D eigenvalue weighted by Crippen LogP contribution is -2.45. The molecular weight excluding hydrogens is 839 g/mol. The lowest BCUT2D eigenvalue weighted by molar-refractivity contribution is -0.143. The van der Waals surface area contributed by atoms with Crippen LogP contribution in [0.1, 0.15) is 335 Å². The van der Waals surface area contributed by atoms with Crippen molar-refractivity contribution in [2.45, 2.75) is 347 Å². The molecular formula is C62H119NO5. The van der Waals surface area contributed by atoms with Gasteiger partial charge in [-0.25, -0.2) is 0 Å². The van der Waals surface area contributed by atoms with Crippen LogP contribution in [-0.4, -0.2) is 47.4 Å². The maximum Gasteiger partial charge on any atom is 0.305 e. The molecule has 0 radical (unpaired) electrons. The van der Waals surface area contributed by atoms with Crippen molar-refractivity contribution in [3.8, 4) is 0 Å². The number of unbranched alkanes of at least 4 members (excludes halogenated alkanes) is 44. The normalized spacial score (nSPS) is 12.7. The van der Waals surface area contributed by atoms with Crippen LogP contribution >= 0.6 is 0 Å². The average molecular weight is 959 g/mol. The summed E-state index contributed by atoms with van der Waals surface area (Å²) in [6.45, 7) is 4.89. The molecule has 0 rings (SSSR count). The van der Waals surface area contributed by atoms with Gasteiger partial charge in [0.15, 0.2) is 0 Å². The van der Waals surface area contributed by atoms with Crippen LogP contribution in [0.3, 0.4) is 0 Å². The number of carbonyl (C=O) groups excluding carboxylic acids is 2. The number of aliphatic hydroxyl groups excluding tert-OH is 2. The van der Waals surface area contributed by atoms with Crippen LogP contribution in [0, 0.1) is 0 Å². The van der Waals surface area contributed by atoms with Gasteiger partial charge in [0.25, 0.3) is 0 Å². The standard InChI is InChI=1S/C62H119NO5/c1-3-5-7-9-11-13-15-17-19-21-22-23-24-25-27-28-30-34-38-42-46-50-54-60(65)59(58-64)63-61(66)55-51-47-43-39-35-32-33-37-41-45-49-53-57-68-62(67)56-52-48-44-40-36-31-29-26-20-18-16-14-12-10-8-6-4-2/h18,20,50,54,59-60,64-65H,3-17,19,21-49,51-53,55-58H2,1-2H3,(H,63,66)/b20-18-,54-50+. The molecule has 0 heterocycles. The lowest BCUT2D eigenvalue weighted by atomic mass is 10.0. The molecule has 0 aliphatic rings. The Morgan fingerprint density at radius 3 is 1.04 bits per heavy atom. The van der Waals surface area contributed by atoms with Gasteiger partial charge in [0.2, 0.25) is 5.91 Å². The first-order valence-corrected chi connectivity index (χ1v) is 30.6. The number of esters is 1. The second kappa shape index (κ2) is 57.9. The molecule has 0 aromatic rings. The molecule has 0 aliphatic heterocycles. The lowest BCUT2D eigenvalue weighted by Gasteiger charge is -2.20. The van der Waals surface area contributed by atoms with Crippen molar-refractivity contribution in [2.24, 2.45) is 0 Å². The summed E-state index contributed by atoms with van der Waals surface area (Å²) >= 11 is 0. The molecule has 0 aromatic carbocycles. The first-order valence-electron chi connectivity index (χ1n) is 30.6. The Hall–Kier alpha value is -1.66. The minimum Gasteiger partial charge on any atom is -0.466 e. The third kappa shape index (κ3) is 53.7. The zero-order valence-corrected chi connectivity index (χ0v) is 45.9. The summed E-state index contributed by atoms with van der Waals surface area (Å²) in [5, 5.41) is 23.2. The molecule has 0 aromatic heterocycles. The van der Waals surface area contributed by atoms with Gasteiger partial charge in [-0.3, -0.25) is 9.59 Å².